The molecule has 6 heteroatoms. The molecule has 1 aromatic carbocycles. The lowest BCUT2D eigenvalue weighted by molar-refractivity contribution is -0.118. The zero-order valence-corrected chi connectivity index (χ0v) is 14.3. The second-order valence-corrected chi connectivity index (χ2v) is 7.26. The van der Waals surface area contributed by atoms with Crippen LogP contribution in [0.1, 0.15) is 53.7 Å². The number of esters is 1. The predicted molar refractivity (Wildman–Crippen MR) is 85.9 cm³/mol. The van der Waals surface area contributed by atoms with Crippen LogP contribution in [0.5, 0.6) is 0 Å². The van der Waals surface area contributed by atoms with Gasteiger partial charge < -0.3 is 9.47 Å². The highest BCUT2D eigenvalue weighted by Gasteiger charge is 2.38. The normalized spacial score (nSPS) is 20.2. The van der Waals surface area contributed by atoms with E-state index in [1.54, 1.807) is 32.9 Å². The molecule has 0 aromatic heterocycles. The van der Waals surface area contributed by atoms with Crippen LogP contribution in [0.15, 0.2) is 12.1 Å². The quantitative estimate of drug-likeness (QED) is 0.740. The van der Waals surface area contributed by atoms with E-state index in [2.05, 4.69) is 0 Å². The molecule has 2 heterocycles. The summed E-state index contributed by atoms with van der Waals surface area (Å²) in [6.07, 6.45) is -0.476. The van der Waals surface area contributed by atoms with Gasteiger partial charge in [-0.3, -0.25) is 9.69 Å². The monoisotopic (exact) mass is 331 g/mol. The number of amides is 1. The number of likely N-dealkylation sites (tertiary alicyclic amines) is 1. The van der Waals surface area contributed by atoms with Gasteiger partial charge in [-0.1, -0.05) is 6.07 Å². The number of hydrogen-bond acceptors (Lipinski definition) is 5. The number of rotatable bonds is 1. The number of cyclic esters (lactones) is 1. The van der Waals surface area contributed by atoms with E-state index in [0.29, 0.717) is 12.1 Å². The first-order chi connectivity index (χ1) is 11.2. The molecule has 1 saturated heterocycles. The van der Waals surface area contributed by atoms with Gasteiger partial charge in [-0.05, 0) is 44.9 Å². The average molecular weight is 331 g/mol. The van der Waals surface area contributed by atoms with Gasteiger partial charge >= 0.3 is 12.1 Å². The fraction of sp³-hybridized carbons (Fsp3) is 0.500. The number of nitrogens with zero attached hydrogens (tertiary/aromatic N) is 1. The maximum absolute atomic E-state index is 12.4. The molecule has 0 radical (unpaired) electrons. The van der Waals surface area contributed by atoms with Crippen LogP contribution in [0.2, 0.25) is 0 Å². The van der Waals surface area contributed by atoms with Gasteiger partial charge in [0.15, 0.2) is 5.78 Å². The molecule has 0 bridgehead atoms. The van der Waals surface area contributed by atoms with Gasteiger partial charge in [0.1, 0.15) is 12.2 Å². The summed E-state index contributed by atoms with van der Waals surface area (Å²) in [4.78, 5) is 37.7. The summed E-state index contributed by atoms with van der Waals surface area (Å²) < 4.78 is 10.4. The standard InChI is InChI=1S/C18H21NO5/c1-10-11(5-6-12-14(10)9-23-16(12)21)13-7-19(8-15(13)20)17(22)24-18(2,3)4/h5-6,13H,7-9H2,1-4H3. The minimum atomic E-state index is -0.598. The van der Waals surface area contributed by atoms with Crippen molar-refractivity contribution in [2.45, 2.75) is 45.8 Å². The van der Waals surface area contributed by atoms with E-state index in [-0.39, 0.29) is 24.9 Å². The van der Waals surface area contributed by atoms with Crippen molar-refractivity contribution in [3.05, 3.63) is 34.4 Å². The lowest BCUT2D eigenvalue weighted by Crippen LogP contribution is -2.35. The maximum Gasteiger partial charge on any atom is 0.410 e. The Morgan fingerprint density at radius 2 is 2.00 bits per heavy atom. The maximum atomic E-state index is 12.4. The lowest BCUT2D eigenvalue weighted by atomic mass is 9.89. The third-order valence-electron chi connectivity index (χ3n) is 4.37. The minimum Gasteiger partial charge on any atom is -0.457 e. The Hall–Kier alpha value is -2.37. The van der Waals surface area contributed by atoms with Gasteiger partial charge in [-0.15, -0.1) is 0 Å². The van der Waals surface area contributed by atoms with Crippen molar-refractivity contribution in [2.75, 3.05) is 13.1 Å². The highest BCUT2D eigenvalue weighted by molar-refractivity contribution is 5.96. The van der Waals surface area contributed by atoms with Gasteiger partial charge in [-0.25, -0.2) is 9.59 Å². The van der Waals surface area contributed by atoms with Crippen molar-refractivity contribution >= 4 is 17.8 Å². The fourth-order valence-electron chi connectivity index (χ4n) is 3.17. The van der Waals surface area contributed by atoms with Gasteiger partial charge in [0.05, 0.1) is 18.0 Å². The first kappa shape index (κ1) is 16.5. The van der Waals surface area contributed by atoms with Crippen LogP contribution in [-0.2, 0) is 20.9 Å². The number of carbonyl (C=O) groups is 3. The zero-order chi connectivity index (χ0) is 17.6. The smallest absolute Gasteiger partial charge is 0.410 e. The molecule has 1 unspecified atom stereocenters. The number of carbonyl (C=O) groups excluding carboxylic acids is 3. The van der Waals surface area contributed by atoms with E-state index in [9.17, 15) is 14.4 Å². The van der Waals surface area contributed by atoms with Crippen molar-refractivity contribution in [1.29, 1.82) is 0 Å². The van der Waals surface area contributed by atoms with Gasteiger partial charge in [-0.2, -0.15) is 0 Å². The molecular formula is C18H21NO5. The topological polar surface area (TPSA) is 72.9 Å². The van der Waals surface area contributed by atoms with Gasteiger partial charge in [0.2, 0.25) is 0 Å². The van der Waals surface area contributed by atoms with Crippen molar-refractivity contribution in [3.63, 3.8) is 0 Å². The highest BCUT2D eigenvalue weighted by Crippen LogP contribution is 2.33. The van der Waals surface area contributed by atoms with Gasteiger partial charge in [0.25, 0.3) is 0 Å². The molecule has 2 aliphatic rings. The molecular weight excluding hydrogens is 310 g/mol. The molecule has 0 saturated carbocycles. The molecule has 128 valence electrons. The van der Waals surface area contributed by atoms with E-state index in [1.165, 1.54) is 4.90 Å². The number of Topliss-reactive ketones (excluding diaryl/α,β-unsaturated/α-hetero) is 1. The number of benzene rings is 1. The van der Waals surface area contributed by atoms with Crippen molar-refractivity contribution < 1.29 is 23.9 Å². The molecule has 0 spiro atoms. The second kappa shape index (κ2) is 5.61. The van der Waals surface area contributed by atoms with E-state index in [4.69, 9.17) is 9.47 Å². The molecule has 0 N–H and O–H groups in total. The molecule has 1 atom stereocenters. The SMILES string of the molecule is Cc1c(C2CN(C(=O)OC(C)(C)C)CC2=O)ccc2c1COC2=O. The molecule has 2 aliphatic heterocycles. The molecule has 1 fully saturated rings. The van der Waals surface area contributed by atoms with E-state index >= 15 is 0 Å². The molecule has 1 aromatic rings. The summed E-state index contributed by atoms with van der Waals surface area (Å²) in [6, 6.07) is 3.50. The number of fused-ring (bicyclic) bond motifs is 1. The second-order valence-electron chi connectivity index (χ2n) is 7.26. The highest BCUT2D eigenvalue weighted by atomic mass is 16.6. The molecule has 6 nitrogen and oxygen atoms in total. The Balaban J connectivity index is 1.83. The molecule has 0 aliphatic carbocycles. The van der Waals surface area contributed by atoms with E-state index in [1.807, 2.05) is 6.92 Å². The summed E-state index contributed by atoms with van der Waals surface area (Å²) in [7, 11) is 0. The average Bonchev–Trinajstić information content (AvgIpc) is 3.02. The Labute approximate surface area is 140 Å². The predicted octanol–water partition coefficient (Wildman–Crippen LogP) is 2.57. The molecule has 3 rings (SSSR count). The first-order valence-electron chi connectivity index (χ1n) is 7.97. The summed E-state index contributed by atoms with van der Waals surface area (Å²) >= 11 is 0. The third-order valence-corrected chi connectivity index (χ3v) is 4.37. The third kappa shape index (κ3) is 2.88. The first-order valence-corrected chi connectivity index (χ1v) is 7.97. The van der Waals surface area contributed by atoms with E-state index < -0.39 is 17.6 Å². The minimum absolute atomic E-state index is 0.0193. The summed E-state index contributed by atoms with van der Waals surface area (Å²) in [5.41, 5.74) is 2.54. The molecule has 1 amide bonds. The largest absolute Gasteiger partial charge is 0.457 e. The lowest BCUT2D eigenvalue weighted by Gasteiger charge is -2.24. The van der Waals surface area contributed by atoms with Crippen LogP contribution < -0.4 is 0 Å². The number of ketones is 1. The van der Waals surface area contributed by atoms with Crippen LogP contribution in [0, 0.1) is 6.92 Å². The molecule has 24 heavy (non-hydrogen) atoms. The summed E-state index contributed by atoms with van der Waals surface area (Å²) in [5, 5.41) is 0. The Morgan fingerprint density at radius 1 is 1.29 bits per heavy atom. The fourth-order valence-corrected chi connectivity index (χ4v) is 3.17. The van der Waals surface area contributed by atoms with Crippen molar-refractivity contribution in [2.24, 2.45) is 0 Å². The van der Waals surface area contributed by atoms with Crippen LogP contribution in [0.4, 0.5) is 4.79 Å². The van der Waals surface area contributed by atoms with Crippen molar-refractivity contribution in [3.8, 4) is 0 Å². The van der Waals surface area contributed by atoms with E-state index in [0.717, 1.165) is 16.7 Å². The number of hydrogen-bond donors (Lipinski definition) is 0. The van der Waals surface area contributed by atoms with Crippen LogP contribution in [0.25, 0.3) is 0 Å². The summed E-state index contributed by atoms with van der Waals surface area (Å²) in [5.74, 6) is -0.736. The Bertz CT molecular complexity index is 732. The van der Waals surface area contributed by atoms with Crippen LogP contribution in [-0.4, -0.2) is 41.4 Å². The Kier molecular flexibility index (Phi) is 3.86. The number of ether oxygens (including phenoxy) is 2. The summed E-state index contributed by atoms with van der Waals surface area (Å²) in [6.45, 7) is 7.85. The van der Waals surface area contributed by atoms with Crippen molar-refractivity contribution in [1.82, 2.24) is 4.90 Å². The van der Waals surface area contributed by atoms with Crippen LogP contribution in [0.3, 0.4) is 0 Å². The zero-order valence-electron chi connectivity index (χ0n) is 14.3. The van der Waals surface area contributed by atoms with Crippen LogP contribution >= 0.6 is 0 Å². The Morgan fingerprint density at radius 3 is 2.67 bits per heavy atom. The van der Waals surface area contributed by atoms with Gasteiger partial charge in [0, 0.05) is 12.1 Å².